The second-order valence-electron chi connectivity index (χ2n) is 6.46. The third kappa shape index (κ3) is 5.26. The van der Waals surface area contributed by atoms with Crippen molar-refractivity contribution < 1.29 is 41.5 Å². The molecule has 0 aliphatic rings. The van der Waals surface area contributed by atoms with Gasteiger partial charge in [0.05, 0.1) is 12.6 Å². The molecule has 1 atom stereocenters. The Hall–Kier alpha value is -3.27. The highest BCUT2D eigenvalue weighted by atomic mass is 19.2. The SMILES string of the molecule is CCOC(=O)C(=CN(O)[C@@H](C)Cc1ccccc1)C(=O)c1c(F)c(F)c(F)c(F)c1F. The smallest absolute Gasteiger partial charge is 0.343 e. The number of carbonyl (C=O) groups is 2. The summed E-state index contributed by atoms with van der Waals surface area (Å²) in [6.45, 7) is 2.62. The molecule has 5 nitrogen and oxygen atoms in total. The summed E-state index contributed by atoms with van der Waals surface area (Å²) in [5.41, 5.74) is -2.17. The molecule has 0 fully saturated rings. The number of rotatable bonds is 8. The van der Waals surface area contributed by atoms with E-state index >= 15 is 0 Å². The van der Waals surface area contributed by atoms with Gasteiger partial charge in [-0.05, 0) is 25.8 Å². The van der Waals surface area contributed by atoms with Gasteiger partial charge in [-0.25, -0.2) is 26.7 Å². The molecular formula is C21H18F5NO4. The standard InChI is InChI=1S/C21H18F5NO4/c1-3-31-21(29)13(10-27(30)11(2)9-12-7-5-4-6-8-12)20(28)14-15(22)17(24)19(26)18(25)16(14)23/h4-8,10-11,30H,3,9H2,1-2H3/t11-/m0/s1. The van der Waals surface area contributed by atoms with Crippen molar-refractivity contribution in [3.05, 3.63) is 82.3 Å². The van der Waals surface area contributed by atoms with Gasteiger partial charge in [0.15, 0.2) is 23.3 Å². The minimum absolute atomic E-state index is 0.237. The van der Waals surface area contributed by atoms with Gasteiger partial charge >= 0.3 is 5.97 Å². The molecule has 2 aromatic carbocycles. The Morgan fingerprint density at radius 3 is 2.03 bits per heavy atom. The largest absolute Gasteiger partial charge is 0.462 e. The summed E-state index contributed by atoms with van der Waals surface area (Å²) in [7, 11) is 0. The van der Waals surface area contributed by atoms with E-state index in [0.717, 1.165) is 5.56 Å². The topological polar surface area (TPSA) is 66.8 Å². The zero-order valence-electron chi connectivity index (χ0n) is 16.5. The first kappa shape index (κ1) is 24.0. The number of hydrogen-bond donors (Lipinski definition) is 1. The number of ketones is 1. The molecule has 2 rings (SSSR count). The molecule has 0 spiro atoms. The second-order valence-corrected chi connectivity index (χ2v) is 6.46. The van der Waals surface area contributed by atoms with Crippen molar-refractivity contribution in [2.75, 3.05) is 6.61 Å². The van der Waals surface area contributed by atoms with Gasteiger partial charge < -0.3 is 4.74 Å². The molecule has 31 heavy (non-hydrogen) atoms. The number of Topliss-reactive ketones (excluding diaryl/α,β-unsaturated/α-hetero) is 1. The number of ether oxygens (including phenoxy) is 1. The molecule has 0 bridgehead atoms. The van der Waals surface area contributed by atoms with E-state index in [9.17, 15) is 36.7 Å². The van der Waals surface area contributed by atoms with Crippen LogP contribution in [0.15, 0.2) is 42.1 Å². The van der Waals surface area contributed by atoms with Crippen molar-refractivity contribution in [3.63, 3.8) is 0 Å². The van der Waals surface area contributed by atoms with Crippen LogP contribution in [0.3, 0.4) is 0 Å². The monoisotopic (exact) mass is 443 g/mol. The summed E-state index contributed by atoms with van der Waals surface area (Å²) in [6.07, 6.45) is 0.770. The second kappa shape index (κ2) is 10.2. The van der Waals surface area contributed by atoms with Gasteiger partial charge in [-0.3, -0.25) is 15.1 Å². The molecule has 0 saturated carbocycles. The maximum atomic E-state index is 14.0. The maximum absolute atomic E-state index is 14.0. The molecule has 10 heteroatoms. The molecule has 1 N–H and O–H groups in total. The fraction of sp³-hybridized carbons (Fsp3) is 0.238. The zero-order valence-corrected chi connectivity index (χ0v) is 16.5. The zero-order chi connectivity index (χ0) is 23.3. The van der Waals surface area contributed by atoms with E-state index in [1.807, 2.05) is 0 Å². The van der Waals surface area contributed by atoms with E-state index in [0.29, 0.717) is 11.3 Å². The summed E-state index contributed by atoms with van der Waals surface area (Å²) in [5.74, 6) is -15.2. The van der Waals surface area contributed by atoms with Crippen LogP contribution in [0.4, 0.5) is 22.0 Å². The molecule has 0 saturated heterocycles. The van der Waals surface area contributed by atoms with Crippen LogP contribution in [-0.2, 0) is 16.0 Å². The van der Waals surface area contributed by atoms with E-state index < -0.39 is 58.0 Å². The van der Waals surface area contributed by atoms with Crippen LogP contribution in [0.1, 0.15) is 29.8 Å². The predicted molar refractivity (Wildman–Crippen MR) is 98.5 cm³/mol. The Balaban J connectivity index is 2.47. The first-order chi connectivity index (χ1) is 14.6. The van der Waals surface area contributed by atoms with Crippen molar-refractivity contribution in [2.45, 2.75) is 26.3 Å². The van der Waals surface area contributed by atoms with E-state index in [4.69, 9.17) is 0 Å². The minimum Gasteiger partial charge on any atom is -0.462 e. The third-order valence-electron chi connectivity index (χ3n) is 4.26. The summed E-state index contributed by atoms with van der Waals surface area (Å²) >= 11 is 0. The van der Waals surface area contributed by atoms with Crippen LogP contribution >= 0.6 is 0 Å². The number of esters is 1. The molecule has 0 radical (unpaired) electrons. The van der Waals surface area contributed by atoms with Gasteiger partial charge in [0.1, 0.15) is 11.1 Å². The average molecular weight is 443 g/mol. The normalized spacial score (nSPS) is 12.5. The molecule has 0 aromatic heterocycles. The number of carbonyl (C=O) groups excluding carboxylic acids is 2. The Kier molecular flexibility index (Phi) is 7.87. The molecule has 2 aromatic rings. The lowest BCUT2D eigenvalue weighted by molar-refractivity contribution is -0.138. The first-order valence-electron chi connectivity index (χ1n) is 9.06. The number of halogens is 5. The number of hydroxylamine groups is 2. The molecular weight excluding hydrogens is 425 g/mol. The van der Waals surface area contributed by atoms with Crippen LogP contribution in [0.5, 0.6) is 0 Å². The van der Waals surface area contributed by atoms with Crippen LogP contribution < -0.4 is 0 Å². The first-order valence-corrected chi connectivity index (χ1v) is 9.06. The molecule has 0 unspecified atom stereocenters. The highest BCUT2D eigenvalue weighted by Crippen LogP contribution is 2.26. The lowest BCUT2D eigenvalue weighted by Crippen LogP contribution is -2.30. The Morgan fingerprint density at radius 1 is 1.00 bits per heavy atom. The summed E-state index contributed by atoms with van der Waals surface area (Å²) in [6, 6.07) is 8.02. The van der Waals surface area contributed by atoms with E-state index in [2.05, 4.69) is 4.74 Å². The Morgan fingerprint density at radius 2 is 1.52 bits per heavy atom. The highest BCUT2D eigenvalue weighted by Gasteiger charge is 2.34. The van der Waals surface area contributed by atoms with Gasteiger partial charge in [-0.15, -0.1) is 0 Å². The van der Waals surface area contributed by atoms with Crippen molar-refractivity contribution in [1.82, 2.24) is 5.06 Å². The quantitative estimate of drug-likeness (QED) is 0.0757. The lowest BCUT2D eigenvalue weighted by Gasteiger charge is -2.22. The minimum atomic E-state index is -2.45. The number of nitrogens with zero attached hydrogens (tertiary/aromatic N) is 1. The molecule has 166 valence electrons. The van der Waals surface area contributed by atoms with Crippen molar-refractivity contribution in [3.8, 4) is 0 Å². The predicted octanol–water partition coefficient (Wildman–Crippen LogP) is 4.33. The molecule has 0 aliphatic carbocycles. The Bertz CT molecular complexity index is 982. The van der Waals surface area contributed by atoms with Crippen LogP contribution in [0, 0.1) is 29.1 Å². The summed E-state index contributed by atoms with van der Waals surface area (Å²) in [4.78, 5) is 24.8. The maximum Gasteiger partial charge on any atom is 0.343 e. The fourth-order valence-corrected chi connectivity index (χ4v) is 2.66. The lowest BCUT2D eigenvalue weighted by atomic mass is 10.0. The van der Waals surface area contributed by atoms with E-state index in [-0.39, 0.29) is 13.0 Å². The van der Waals surface area contributed by atoms with E-state index in [1.165, 1.54) is 13.8 Å². The summed E-state index contributed by atoms with van der Waals surface area (Å²) < 4.78 is 73.0. The highest BCUT2D eigenvalue weighted by molar-refractivity contribution is 6.24. The van der Waals surface area contributed by atoms with Gasteiger partial charge in [0.2, 0.25) is 11.6 Å². The third-order valence-corrected chi connectivity index (χ3v) is 4.26. The van der Waals surface area contributed by atoms with Crippen LogP contribution in [-0.4, -0.2) is 34.7 Å². The van der Waals surface area contributed by atoms with Crippen molar-refractivity contribution in [2.24, 2.45) is 0 Å². The fourth-order valence-electron chi connectivity index (χ4n) is 2.66. The van der Waals surface area contributed by atoms with Crippen LogP contribution in [0.25, 0.3) is 0 Å². The van der Waals surface area contributed by atoms with Crippen molar-refractivity contribution in [1.29, 1.82) is 0 Å². The molecule has 0 aliphatic heterocycles. The average Bonchev–Trinajstić information content (AvgIpc) is 2.75. The summed E-state index contributed by atoms with van der Waals surface area (Å²) in [5, 5.41) is 10.7. The van der Waals surface area contributed by atoms with Gasteiger partial charge in [-0.1, -0.05) is 30.3 Å². The van der Waals surface area contributed by atoms with Gasteiger partial charge in [0, 0.05) is 6.20 Å². The van der Waals surface area contributed by atoms with E-state index in [1.54, 1.807) is 30.3 Å². The van der Waals surface area contributed by atoms with Gasteiger partial charge in [-0.2, -0.15) is 0 Å². The Labute approximate surface area is 174 Å². The molecule has 0 amide bonds. The molecule has 0 heterocycles. The van der Waals surface area contributed by atoms with Crippen molar-refractivity contribution >= 4 is 11.8 Å². The number of hydrogen-bond acceptors (Lipinski definition) is 5. The number of benzene rings is 2. The van der Waals surface area contributed by atoms with Gasteiger partial charge in [0.25, 0.3) is 0 Å². The van der Waals surface area contributed by atoms with Crippen LogP contribution in [0.2, 0.25) is 0 Å².